The Morgan fingerprint density at radius 1 is 1.50 bits per heavy atom. The highest BCUT2D eigenvalue weighted by molar-refractivity contribution is 5.32. The molecule has 0 amide bonds. The molecule has 1 aliphatic heterocycles. The monoisotopic (exact) mass is 275 g/mol. The van der Waals surface area contributed by atoms with E-state index in [4.69, 9.17) is 5.26 Å². The molecule has 1 saturated heterocycles. The van der Waals surface area contributed by atoms with Crippen molar-refractivity contribution in [1.82, 2.24) is 9.80 Å². The molecule has 1 heterocycles. The Labute approximate surface area is 120 Å². The Morgan fingerprint density at radius 3 is 2.95 bits per heavy atom. The number of nitrogens with zero attached hydrogens (tertiary/aromatic N) is 3. The van der Waals surface area contributed by atoms with Gasteiger partial charge in [0, 0.05) is 24.7 Å². The molecule has 1 atom stereocenters. The first-order valence-electron chi connectivity index (χ1n) is 7.25. The van der Waals surface area contributed by atoms with Crippen molar-refractivity contribution in [3.63, 3.8) is 0 Å². The maximum Gasteiger partial charge on any atom is 0.129 e. The first-order valence-corrected chi connectivity index (χ1v) is 7.25. The summed E-state index contributed by atoms with van der Waals surface area (Å²) < 4.78 is 13.9. The van der Waals surface area contributed by atoms with E-state index in [0.29, 0.717) is 23.7 Å². The molecule has 0 aromatic heterocycles. The zero-order valence-electron chi connectivity index (χ0n) is 12.3. The molecule has 2 rings (SSSR count). The first kappa shape index (κ1) is 15.0. The zero-order chi connectivity index (χ0) is 14.5. The van der Waals surface area contributed by atoms with Crippen LogP contribution in [-0.2, 0) is 6.54 Å². The lowest BCUT2D eigenvalue weighted by atomic mass is 10.1. The highest BCUT2D eigenvalue weighted by atomic mass is 19.1. The number of nitriles is 1. The summed E-state index contributed by atoms with van der Waals surface area (Å²) >= 11 is 0. The van der Waals surface area contributed by atoms with Crippen LogP contribution in [0.3, 0.4) is 0 Å². The van der Waals surface area contributed by atoms with E-state index < -0.39 is 0 Å². The molecule has 4 heteroatoms. The Morgan fingerprint density at radius 2 is 2.30 bits per heavy atom. The second kappa shape index (κ2) is 6.83. The van der Waals surface area contributed by atoms with Gasteiger partial charge < -0.3 is 4.90 Å². The van der Waals surface area contributed by atoms with Crippen LogP contribution in [-0.4, -0.2) is 42.5 Å². The summed E-state index contributed by atoms with van der Waals surface area (Å²) in [5.41, 5.74) is 1.04. The van der Waals surface area contributed by atoms with Gasteiger partial charge in [-0.25, -0.2) is 4.39 Å². The molecule has 0 N–H and O–H groups in total. The van der Waals surface area contributed by atoms with Gasteiger partial charge in [-0.15, -0.1) is 0 Å². The van der Waals surface area contributed by atoms with E-state index in [1.165, 1.54) is 25.5 Å². The summed E-state index contributed by atoms with van der Waals surface area (Å²) in [4.78, 5) is 4.66. The second-order valence-corrected chi connectivity index (χ2v) is 5.54. The van der Waals surface area contributed by atoms with E-state index in [2.05, 4.69) is 16.7 Å². The molecule has 3 nitrogen and oxygen atoms in total. The molecule has 0 aliphatic carbocycles. The predicted molar refractivity (Wildman–Crippen MR) is 77.7 cm³/mol. The van der Waals surface area contributed by atoms with Crippen LogP contribution in [0.4, 0.5) is 4.39 Å². The third-order valence-corrected chi connectivity index (χ3v) is 4.05. The standard InChI is InChI=1S/C16H22FN3/c1-3-20-8-4-5-15(20)12-19(2)11-14-7-6-13(10-18)9-16(14)17/h6-7,9,15H,3-5,8,11-12H2,1-2H3. The average Bonchev–Trinajstić information content (AvgIpc) is 2.88. The fourth-order valence-electron chi connectivity index (χ4n) is 2.98. The van der Waals surface area contributed by atoms with Crippen LogP contribution < -0.4 is 0 Å². The lowest BCUT2D eigenvalue weighted by Gasteiger charge is -2.27. The topological polar surface area (TPSA) is 30.3 Å². The Bertz CT molecular complexity index is 495. The molecular weight excluding hydrogens is 253 g/mol. The van der Waals surface area contributed by atoms with Crippen molar-refractivity contribution < 1.29 is 4.39 Å². The summed E-state index contributed by atoms with van der Waals surface area (Å²) in [5, 5.41) is 8.75. The maximum atomic E-state index is 13.9. The molecule has 1 aromatic rings. The normalized spacial score (nSPS) is 19.4. The number of benzene rings is 1. The van der Waals surface area contributed by atoms with Gasteiger partial charge in [-0.1, -0.05) is 13.0 Å². The summed E-state index contributed by atoms with van der Waals surface area (Å²) in [5.74, 6) is -0.283. The number of hydrogen-bond donors (Lipinski definition) is 0. The highest BCUT2D eigenvalue weighted by Crippen LogP contribution is 2.18. The van der Waals surface area contributed by atoms with Gasteiger partial charge in [0.1, 0.15) is 5.82 Å². The molecule has 108 valence electrons. The number of likely N-dealkylation sites (N-methyl/N-ethyl adjacent to an activating group) is 2. The van der Waals surface area contributed by atoms with Crippen LogP contribution >= 0.6 is 0 Å². The van der Waals surface area contributed by atoms with Crippen molar-refractivity contribution in [3.05, 3.63) is 35.1 Å². The zero-order valence-corrected chi connectivity index (χ0v) is 12.3. The minimum absolute atomic E-state index is 0.283. The van der Waals surface area contributed by atoms with Crippen molar-refractivity contribution in [2.75, 3.05) is 26.7 Å². The van der Waals surface area contributed by atoms with Gasteiger partial charge in [-0.05, 0) is 45.1 Å². The maximum absolute atomic E-state index is 13.9. The van der Waals surface area contributed by atoms with Gasteiger partial charge in [0.25, 0.3) is 0 Å². The van der Waals surface area contributed by atoms with E-state index >= 15 is 0 Å². The molecule has 20 heavy (non-hydrogen) atoms. The molecule has 0 spiro atoms. The van der Waals surface area contributed by atoms with Gasteiger partial charge in [0.2, 0.25) is 0 Å². The first-order chi connectivity index (χ1) is 9.63. The van der Waals surface area contributed by atoms with Crippen LogP contribution in [0.25, 0.3) is 0 Å². The van der Waals surface area contributed by atoms with Gasteiger partial charge in [-0.2, -0.15) is 5.26 Å². The number of rotatable bonds is 5. The largest absolute Gasteiger partial charge is 0.300 e. The molecule has 1 fully saturated rings. The second-order valence-electron chi connectivity index (χ2n) is 5.54. The fraction of sp³-hybridized carbons (Fsp3) is 0.562. The SMILES string of the molecule is CCN1CCCC1CN(C)Cc1ccc(C#N)cc1F. The Kier molecular flexibility index (Phi) is 5.11. The lowest BCUT2D eigenvalue weighted by Crippen LogP contribution is -2.38. The van der Waals surface area contributed by atoms with Gasteiger partial charge in [-0.3, -0.25) is 4.90 Å². The van der Waals surface area contributed by atoms with Crippen LogP contribution in [0.1, 0.15) is 30.9 Å². The van der Waals surface area contributed by atoms with Gasteiger partial charge >= 0.3 is 0 Å². The molecule has 1 aliphatic rings. The van der Waals surface area contributed by atoms with E-state index in [0.717, 1.165) is 13.1 Å². The van der Waals surface area contributed by atoms with Crippen molar-refractivity contribution in [2.45, 2.75) is 32.4 Å². The minimum atomic E-state index is -0.283. The molecule has 0 radical (unpaired) electrons. The van der Waals surface area contributed by atoms with Crippen LogP contribution in [0.2, 0.25) is 0 Å². The van der Waals surface area contributed by atoms with Crippen molar-refractivity contribution in [1.29, 1.82) is 5.26 Å². The Hall–Kier alpha value is -1.44. The summed E-state index contributed by atoms with van der Waals surface area (Å²) in [6, 6.07) is 7.27. The summed E-state index contributed by atoms with van der Waals surface area (Å²) in [7, 11) is 2.03. The summed E-state index contributed by atoms with van der Waals surface area (Å²) in [6.07, 6.45) is 2.49. The quantitative estimate of drug-likeness (QED) is 0.827. The third kappa shape index (κ3) is 3.56. The number of likely N-dealkylation sites (tertiary alicyclic amines) is 1. The van der Waals surface area contributed by atoms with Crippen molar-refractivity contribution >= 4 is 0 Å². The minimum Gasteiger partial charge on any atom is -0.300 e. The van der Waals surface area contributed by atoms with E-state index in [1.54, 1.807) is 12.1 Å². The highest BCUT2D eigenvalue weighted by Gasteiger charge is 2.24. The molecule has 1 unspecified atom stereocenters. The molecular formula is C16H22FN3. The molecule has 0 bridgehead atoms. The van der Waals surface area contributed by atoms with Crippen LogP contribution in [0, 0.1) is 17.1 Å². The van der Waals surface area contributed by atoms with Crippen molar-refractivity contribution in [3.8, 4) is 6.07 Å². The van der Waals surface area contributed by atoms with Crippen LogP contribution in [0.5, 0.6) is 0 Å². The average molecular weight is 275 g/mol. The van der Waals surface area contributed by atoms with E-state index in [9.17, 15) is 4.39 Å². The molecule has 1 aromatic carbocycles. The summed E-state index contributed by atoms with van der Waals surface area (Å²) in [6.45, 7) is 6.02. The fourth-order valence-corrected chi connectivity index (χ4v) is 2.98. The number of hydrogen-bond acceptors (Lipinski definition) is 3. The smallest absolute Gasteiger partial charge is 0.129 e. The van der Waals surface area contributed by atoms with Crippen LogP contribution in [0.15, 0.2) is 18.2 Å². The number of halogens is 1. The van der Waals surface area contributed by atoms with E-state index in [-0.39, 0.29) is 5.82 Å². The predicted octanol–water partition coefficient (Wildman–Crippen LogP) is 2.61. The lowest BCUT2D eigenvalue weighted by molar-refractivity contribution is 0.193. The van der Waals surface area contributed by atoms with Gasteiger partial charge in [0.05, 0.1) is 11.6 Å². The van der Waals surface area contributed by atoms with Gasteiger partial charge in [0.15, 0.2) is 0 Å². The van der Waals surface area contributed by atoms with E-state index in [1.807, 2.05) is 13.1 Å². The molecule has 0 saturated carbocycles. The Balaban J connectivity index is 1.94. The third-order valence-electron chi connectivity index (χ3n) is 4.05. The van der Waals surface area contributed by atoms with Crippen molar-refractivity contribution in [2.24, 2.45) is 0 Å².